The monoisotopic (exact) mass is 189 g/mol. The van der Waals surface area contributed by atoms with Gasteiger partial charge in [0, 0.05) is 18.8 Å². The van der Waals surface area contributed by atoms with Gasteiger partial charge in [0.2, 0.25) is 0 Å². The summed E-state index contributed by atoms with van der Waals surface area (Å²) in [5.74, 6) is 1.02. The van der Waals surface area contributed by atoms with Gasteiger partial charge in [-0.3, -0.25) is 4.68 Å². The van der Waals surface area contributed by atoms with E-state index in [1.54, 1.807) is 11.0 Å². The van der Waals surface area contributed by atoms with Gasteiger partial charge in [0.1, 0.15) is 12.2 Å². The summed E-state index contributed by atoms with van der Waals surface area (Å²) in [4.78, 5) is 4.03. The van der Waals surface area contributed by atoms with Gasteiger partial charge in [0.05, 0.1) is 0 Å². The summed E-state index contributed by atoms with van der Waals surface area (Å²) >= 11 is 3.32. The predicted octanol–water partition coefficient (Wildman–Crippen LogP) is 0.753. The molecule has 3 nitrogen and oxygen atoms in total. The van der Waals surface area contributed by atoms with E-state index in [0.717, 1.165) is 17.6 Å². The molecule has 50 valence electrons. The molecule has 0 spiro atoms. The number of nitrogens with zero attached hydrogens (tertiary/aromatic N) is 3. The van der Waals surface area contributed by atoms with Crippen molar-refractivity contribution in [3.05, 3.63) is 12.2 Å². The minimum absolute atomic E-state index is 0.941. The van der Waals surface area contributed by atoms with Crippen molar-refractivity contribution in [2.24, 2.45) is 7.05 Å². The van der Waals surface area contributed by atoms with Gasteiger partial charge in [-0.1, -0.05) is 15.9 Å². The minimum atomic E-state index is 0.941. The molecule has 0 atom stereocenters. The SMILES string of the molecule is Cn1ncnc1CCBr. The zero-order valence-electron chi connectivity index (χ0n) is 5.21. The molecule has 1 aromatic rings. The molecule has 0 saturated carbocycles. The topological polar surface area (TPSA) is 30.7 Å². The molecule has 1 rings (SSSR count). The first-order valence-electron chi connectivity index (χ1n) is 2.73. The fraction of sp³-hybridized carbons (Fsp3) is 0.600. The van der Waals surface area contributed by atoms with Crippen LogP contribution in [0.2, 0.25) is 0 Å². The predicted molar refractivity (Wildman–Crippen MR) is 38.5 cm³/mol. The molecule has 0 aromatic carbocycles. The van der Waals surface area contributed by atoms with E-state index in [4.69, 9.17) is 0 Å². The first-order chi connectivity index (χ1) is 4.34. The number of rotatable bonds is 2. The molecular weight excluding hydrogens is 182 g/mol. The van der Waals surface area contributed by atoms with E-state index < -0.39 is 0 Å². The van der Waals surface area contributed by atoms with Crippen molar-refractivity contribution in [3.8, 4) is 0 Å². The standard InChI is InChI=1S/C5H8BrN3/c1-9-5(2-3-6)7-4-8-9/h4H,2-3H2,1H3. The molecule has 0 aliphatic carbocycles. The summed E-state index contributed by atoms with van der Waals surface area (Å²) in [6.45, 7) is 0. The summed E-state index contributed by atoms with van der Waals surface area (Å²) in [6.07, 6.45) is 2.51. The molecule has 4 heteroatoms. The van der Waals surface area contributed by atoms with Gasteiger partial charge in [-0.25, -0.2) is 4.98 Å². The maximum absolute atomic E-state index is 4.03. The summed E-state index contributed by atoms with van der Waals surface area (Å²) in [7, 11) is 1.89. The number of alkyl halides is 1. The van der Waals surface area contributed by atoms with E-state index in [1.807, 2.05) is 7.05 Å². The van der Waals surface area contributed by atoms with Crippen LogP contribution in [0.3, 0.4) is 0 Å². The molecule has 9 heavy (non-hydrogen) atoms. The Morgan fingerprint density at radius 3 is 3.00 bits per heavy atom. The van der Waals surface area contributed by atoms with Crippen LogP contribution in [0.1, 0.15) is 5.82 Å². The third-order valence-electron chi connectivity index (χ3n) is 1.12. The quantitative estimate of drug-likeness (QED) is 0.644. The lowest BCUT2D eigenvalue weighted by molar-refractivity contribution is 0.712. The molecule has 1 heterocycles. The van der Waals surface area contributed by atoms with Crippen molar-refractivity contribution in [1.29, 1.82) is 0 Å². The molecule has 0 N–H and O–H groups in total. The van der Waals surface area contributed by atoms with Crippen LogP contribution in [0, 0.1) is 0 Å². The Kier molecular flexibility index (Phi) is 2.22. The molecular formula is C5H8BrN3. The maximum Gasteiger partial charge on any atom is 0.138 e. The molecule has 0 aliphatic rings. The molecule has 0 unspecified atom stereocenters. The number of aromatic nitrogens is 3. The Balaban J connectivity index is 2.69. The number of hydrogen-bond acceptors (Lipinski definition) is 2. The molecule has 0 aliphatic heterocycles. The minimum Gasteiger partial charge on any atom is -0.253 e. The van der Waals surface area contributed by atoms with Gasteiger partial charge in [-0.05, 0) is 0 Å². The Hall–Kier alpha value is -0.380. The summed E-state index contributed by atoms with van der Waals surface area (Å²) < 4.78 is 1.78. The van der Waals surface area contributed by atoms with Crippen LogP contribution in [0.4, 0.5) is 0 Å². The zero-order chi connectivity index (χ0) is 6.69. The second-order valence-corrected chi connectivity index (χ2v) is 2.53. The normalized spacial score (nSPS) is 10.0. The third kappa shape index (κ3) is 1.51. The highest BCUT2D eigenvalue weighted by atomic mass is 79.9. The van der Waals surface area contributed by atoms with Gasteiger partial charge in [-0.15, -0.1) is 0 Å². The van der Waals surface area contributed by atoms with Crippen molar-refractivity contribution in [3.63, 3.8) is 0 Å². The van der Waals surface area contributed by atoms with E-state index in [-0.39, 0.29) is 0 Å². The average molecular weight is 190 g/mol. The van der Waals surface area contributed by atoms with Crippen LogP contribution < -0.4 is 0 Å². The Morgan fingerprint density at radius 2 is 2.56 bits per heavy atom. The zero-order valence-corrected chi connectivity index (χ0v) is 6.80. The van der Waals surface area contributed by atoms with Crippen molar-refractivity contribution in [2.45, 2.75) is 6.42 Å². The van der Waals surface area contributed by atoms with E-state index in [2.05, 4.69) is 26.0 Å². The summed E-state index contributed by atoms with van der Waals surface area (Å²) in [6, 6.07) is 0. The number of halogens is 1. The fourth-order valence-electron chi connectivity index (χ4n) is 0.631. The largest absolute Gasteiger partial charge is 0.253 e. The van der Waals surface area contributed by atoms with Gasteiger partial charge < -0.3 is 0 Å². The smallest absolute Gasteiger partial charge is 0.138 e. The van der Waals surface area contributed by atoms with E-state index in [9.17, 15) is 0 Å². The second-order valence-electron chi connectivity index (χ2n) is 1.74. The fourth-order valence-corrected chi connectivity index (χ4v) is 0.986. The first-order valence-corrected chi connectivity index (χ1v) is 3.85. The highest BCUT2D eigenvalue weighted by molar-refractivity contribution is 9.09. The first kappa shape index (κ1) is 6.74. The van der Waals surface area contributed by atoms with E-state index in [0.29, 0.717) is 0 Å². The van der Waals surface area contributed by atoms with E-state index in [1.165, 1.54) is 0 Å². The molecule has 0 saturated heterocycles. The lowest BCUT2D eigenvalue weighted by Crippen LogP contribution is -1.99. The van der Waals surface area contributed by atoms with Gasteiger partial charge >= 0.3 is 0 Å². The molecule has 0 radical (unpaired) electrons. The molecule has 0 bridgehead atoms. The van der Waals surface area contributed by atoms with Crippen LogP contribution in [0.15, 0.2) is 6.33 Å². The number of hydrogen-bond donors (Lipinski definition) is 0. The molecule has 0 fully saturated rings. The highest BCUT2D eigenvalue weighted by Gasteiger charge is 1.95. The maximum atomic E-state index is 4.03. The van der Waals surface area contributed by atoms with Crippen LogP contribution in [0.5, 0.6) is 0 Å². The van der Waals surface area contributed by atoms with Crippen molar-refractivity contribution >= 4 is 15.9 Å². The number of aryl methyl sites for hydroxylation is 2. The summed E-state index contributed by atoms with van der Waals surface area (Å²) in [5, 5.41) is 4.86. The Labute approximate surface area is 62.2 Å². The Bertz CT molecular complexity index is 184. The molecule has 0 amide bonds. The lowest BCUT2D eigenvalue weighted by atomic mass is 10.5. The van der Waals surface area contributed by atoms with Gasteiger partial charge in [0.25, 0.3) is 0 Å². The van der Waals surface area contributed by atoms with Crippen LogP contribution in [-0.4, -0.2) is 20.1 Å². The Morgan fingerprint density at radius 1 is 1.78 bits per heavy atom. The van der Waals surface area contributed by atoms with Crippen molar-refractivity contribution in [2.75, 3.05) is 5.33 Å². The van der Waals surface area contributed by atoms with Crippen molar-refractivity contribution in [1.82, 2.24) is 14.8 Å². The third-order valence-corrected chi connectivity index (χ3v) is 1.52. The van der Waals surface area contributed by atoms with Crippen LogP contribution in [0.25, 0.3) is 0 Å². The van der Waals surface area contributed by atoms with Gasteiger partial charge in [-0.2, -0.15) is 5.10 Å². The second kappa shape index (κ2) is 2.96. The highest BCUT2D eigenvalue weighted by Crippen LogP contribution is 1.94. The van der Waals surface area contributed by atoms with Crippen LogP contribution >= 0.6 is 15.9 Å². The van der Waals surface area contributed by atoms with Crippen molar-refractivity contribution < 1.29 is 0 Å². The average Bonchev–Trinajstić information content (AvgIpc) is 2.18. The summed E-state index contributed by atoms with van der Waals surface area (Å²) in [5.41, 5.74) is 0. The van der Waals surface area contributed by atoms with Crippen LogP contribution in [-0.2, 0) is 13.5 Å². The van der Waals surface area contributed by atoms with Gasteiger partial charge in [0.15, 0.2) is 0 Å². The van der Waals surface area contributed by atoms with E-state index >= 15 is 0 Å². The lowest BCUT2D eigenvalue weighted by Gasteiger charge is -1.93. The molecule has 1 aromatic heterocycles.